The number of fused-ring (bicyclic) bond motifs is 2. The first-order valence-electron chi connectivity index (χ1n) is 12.5. The van der Waals surface area contributed by atoms with E-state index in [0.29, 0.717) is 22.8 Å². The van der Waals surface area contributed by atoms with Crippen LogP contribution in [0.3, 0.4) is 0 Å². The molecule has 38 heavy (non-hydrogen) atoms. The summed E-state index contributed by atoms with van der Waals surface area (Å²) in [6.07, 6.45) is 0. The standard InChI is InChI=1S/C31H29N3O4/c1-19-9-12-22(13-10-19)31(35)23-14-15-26(34-27-8-6-5-7-25(27)32-33-34)20(2)30(23)38-18-24(31)21-11-16-28(36-3)29(17-21)37-4/h5-17,24,35H,18H2,1-4H3. The molecule has 0 bridgehead atoms. The van der Waals surface area contributed by atoms with Crippen LogP contribution in [0.5, 0.6) is 17.2 Å². The van der Waals surface area contributed by atoms with Gasteiger partial charge in [0.15, 0.2) is 11.5 Å². The molecular weight excluding hydrogens is 478 g/mol. The highest BCUT2D eigenvalue weighted by atomic mass is 16.5. The molecule has 0 aliphatic carbocycles. The molecule has 1 aliphatic rings. The number of nitrogens with zero attached hydrogens (tertiary/aromatic N) is 3. The highest BCUT2D eigenvalue weighted by Gasteiger charge is 2.47. The van der Waals surface area contributed by atoms with Crippen LogP contribution in [0, 0.1) is 13.8 Å². The summed E-state index contributed by atoms with van der Waals surface area (Å²) in [4.78, 5) is 0. The highest BCUT2D eigenvalue weighted by Crippen LogP contribution is 2.51. The number of aromatic nitrogens is 3. The molecule has 0 saturated heterocycles. The van der Waals surface area contributed by atoms with Gasteiger partial charge in [-0.2, -0.15) is 0 Å². The SMILES string of the molecule is COc1ccc(C2COc3c(ccc(-n4nnc5ccccc54)c3C)C2(O)c2ccc(C)cc2)cc1OC. The molecule has 1 N–H and O–H groups in total. The summed E-state index contributed by atoms with van der Waals surface area (Å²) in [6, 6.07) is 25.5. The Hall–Kier alpha value is -4.36. The van der Waals surface area contributed by atoms with E-state index in [1.54, 1.807) is 14.2 Å². The molecule has 7 nitrogen and oxygen atoms in total. The van der Waals surface area contributed by atoms with Gasteiger partial charge >= 0.3 is 0 Å². The van der Waals surface area contributed by atoms with E-state index < -0.39 is 11.5 Å². The molecule has 4 aromatic carbocycles. The summed E-state index contributed by atoms with van der Waals surface area (Å²) in [5, 5.41) is 21.4. The second-order valence-electron chi connectivity index (χ2n) is 9.69. The van der Waals surface area contributed by atoms with Crippen LogP contribution in [-0.2, 0) is 5.60 Å². The van der Waals surface area contributed by atoms with Crippen molar-refractivity contribution in [3.63, 3.8) is 0 Å². The Labute approximate surface area is 221 Å². The van der Waals surface area contributed by atoms with Crippen molar-refractivity contribution in [2.45, 2.75) is 25.4 Å². The Kier molecular flexibility index (Phi) is 5.80. The maximum absolute atomic E-state index is 12.7. The lowest BCUT2D eigenvalue weighted by molar-refractivity contribution is 0.0103. The van der Waals surface area contributed by atoms with Gasteiger partial charge in [-0.05, 0) is 61.4 Å². The molecule has 0 saturated carbocycles. The lowest BCUT2D eigenvalue weighted by Crippen LogP contribution is -2.42. The number of ether oxygens (including phenoxy) is 3. The van der Waals surface area contributed by atoms with E-state index in [4.69, 9.17) is 14.2 Å². The van der Waals surface area contributed by atoms with Gasteiger partial charge in [0.2, 0.25) is 0 Å². The molecule has 2 atom stereocenters. The van der Waals surface area contributed by atoms with E-state index in [1.807, 2.05) is 97.4 Å². The van der Waals surface area contributed by atoms with E-state index in [2.05, 4.69) is 10.3 Å². The molecule has 6 rings (SSSR count). The molecule has 0 spiro atoms. The van der Waals surface area contributed by atoms with E-state index >= 15 is 0 Å². The minimum atomic E-state index is -1.35. The van der Waals surface area contributed by atoms with Crippen LogP contribution in [0.4, 0.5) is 0 Å². The molecule has 5 aromatic rings. The van der Waals surface area contributed by atoms with Gasteiger partial charge in [0.1, 0.15) is 16.9 Å². The van der Waals surface area contributed by atoms with Crippen molar-refractivity contribution in [2.24, 2.45) is 0 Å². The quantitative estimate of drug-likeness (QED) is 0.340. The first-order chi connectivity index (χ1) is 18.5. The van der Waals surface area contributed by atoms with Crippen molar-refractivity contribution in [1.82, 2.24) is 15.0 Å². The Balaban J connectivity index is 1.54. The van der Waals surface area contributed by atoms with Gasteiger partial charge in [-0.1, -0.05) is 53.2 Å². The van der Waals surface area contributed by atoms with Crippen molar-refractivity contribution in [3.05, 3.63) is 107 Å². The summed E-state index contributed by atoms with van der Waals surface area (Å²) in [5.41, 5.74) is 5.62. The number of para-hydroxylation sites is 1. The predicted molar refractivity (Wildman–Crippen MR) is 146 cm³/mol. The van der Waals surface area contributed by atoms with E-state index in [-0.39, 0.29) is 6.61 Å². The van der Waals surface area contributed by atoms with Crippen LogP contribution >= 0.6 is 0 Å². The first kappa shape index (κ1) is 24.0. The number of benzene rings is 4. The number of aryl methyl sites for hydroxylation is 1. The van der Waals surface area contributed by atoms with E-state index in [9.17, 15) is 5.11 Å². The lowest BCUT2D eigenvalue weighted by Gasteiger charge is -2.42. The zero-order chi connectivity index (χ0) is 26.4. The molecule has 1 aliphatic heterocycles. The van der Waals surface area contributed by atoms with Gasteiger partial charge in [0.05, 0.1) is 37.9 Å². The molecule has 2 unspecified atom stereocenters. The average Bonchev–Trinajstić information content (AvgIpc) is 3.37. The van der Waals surface area contributed by atoms with Crippen LogP contribution in [0.15, 0.2) is 78.9 Å². The third kappa shape index (κ3) is 3.62. The van der Waals surface area contributed by atoms with Crippen LogP contribution in [0.25, 0.3) is 16.7 Å². The third-order valence-corrected chi connectivity index (χ3v) is 7.57. The fourth-order valence-corrected chi connectivity index (χ4v) is 5.49. The highest BCUT2D eigenvalue weighted by molar-refractivity contribution is 5.77. The van der Waals surface area contributed by atoms with Gasteiger partial charge in [-0.3, -0.25) is 0 Å². The Morgan fingerprint density at radius 2 is 1.68 bits per heavy atom. The molecular formula is C31H29N3O4. The summed E-state index contributed by atoms with van der Waals surface area (Å²) in [5.74, 6) is 1.50. The number of aliphatic hydroxyl groups is 1. The van der Waals surface area contributed by atoms with Crippen LogP contribution in [0.2, 0.25) is 0 Å². The molecule has 7 heteroatoms. The fraction of sp³-hybridized carbons (Fsp3) is 0.226. The van der Waals surface area contributed by atoms with E-state index in [1.165, 1.54) is 0 Å². The molecule has 0 fully saturated rings. The zero-order valence-electron chi connectivity index (χ0n) is 21.8. The smallest absolute Gasteiger partial charge is 0.161 e. The predicted octanol–water partition coefficient (Wildman–Crippen LogP) is 5.47. The zero-order valence-corrected chi connectivity index (χ0v) is 21.8. The van der Waals surface area contributed by atoms with Crippen molar-refractivity contribution >= 4 is 11.0 Å². The van der Waals surface area contributed by atoms with Crippen LogP contribution in [0.1, 0.15) is 33.7 Å². The van der Waals surface area contributed by atoms with Gasteiger partial charge < -0.3 is 19.3 Å². The summed E-state index contributed by atoms with van der Waals surface area (Å²) in [7, 11) is 3.22. The van der Waals surface area contributed by atoms with Gasteiger partial charge in [0.25, 0.3) is 0 Å². The Morgan fingerprint density at radius 1 is 0.921 bits per heavy atom. The lowest BCUT2D eigenvalue weighted by atomic mass is 9.71. The maximum atomic E-state index is 12.7. The average molecular weight is 508 g/mol. The summed E-state index contributed by atoms with van der Waals surface area (Å²) in [6.45, 7) is 4.31. The number of hydrogen-bond donors (Lipinski definition) is 1. The fourth-order valence-electron chi connectivity index (χ4n) is 5.49. The normalized spacial score (nSPS) is 18.6. The second-order valence-corrected chi connectivity index (χ2v) is 9.69. The third-order valence-electron chi connectivity index (χ3n) is 7.57. The molecule has 0 amide bonds. The van der Waals surface area contributed by atoms with E-state index in [0.717, 1.165) is 39.0 Å². The summed E-state index contributed by atoms with van der Waals surface area (Å²) >= 11 is 0. The molecule has 0 radical (unpaired) electrons. The number of methoxy groups -OCH3 is 2. The van der Waals surface area contributed by atoms with Gasteiger partial charge in [-0.15, -0.1) is 5.10 Å². The Bertz CT molecular complexity index is 1640. The Morgan fingerprint density at radius 3 is 2.45 bits per heavy atom. The van der Waals surface area contributed by atoms with Gasteiger partial charge in [-0.25, -0.2) is 4.68 Å². The minimum Gasteiger partial charge on any atom is -0.493 e. The largest absolute Gasteiger partial charge is 0.493 e. The van der Waals surface area contributed by atoms with Crippen LogP contribution in [-0.4, -0.2) is 40.9 Å². The van der Waals surface area contributed by atoms with Crippen molar-refractivity contribution in [1.29, 1.82) is 0 Å². The van der Waals surface area contributed by atoms with Crippen molar-refractivity contribution in [3.8, 4) is 22.9 Å². The first-order valence-corrected chi connectivity index (χ1v) is 12.5. The van der Waals surface area contributed by atoms with Crippen molar-refractivity contribution in [2.75, 3.05) is 20.8 Å². The molecule has 2 heterocycles. The molecule has 1 aromatic heterocycles. The minimum absolute atomic E-state index is 0.273. The topological polar surface area (TPSA) is 78.6 Å². The van der Waals surface area contributed by atoms with Gasteiger partial charge in [0, 0.05) is 11.1 Å². The molecule has 192 valence electrons. The monoisotopic (exact) mass is 507 g/mol. The number of hydrogen-bond acceptors (Lipinski definition) is 6. The van der Waals surface area contributed by atoms with Crippen LogP contribution < -0.4 is 14.2 Å². The van der Waals surface area contributed by atoms with Crippen molar-refractivity contribution < 1.29 is 19.3 Å². The number of rotatable bonds is 5. The maximum Gasteiger partial charge on any atom is 0.161 e. The summed E-state index contributed by atoms with van der Waals surface area (Å²) < 4.78 is 19.3. The second kappa shape index (κ2) is 9.19.